The minimum Gasteiger partial charge on any atom is -0.259 e. The van der Waals surface area contributed by atoms with Crippen LogP contribution in [-0.4, -0.2) is 4.92 Å². The SMILES string of the molecule is O=[N+]([O-])/C=C(\F)I. The van der Waals surface area contributed by atoms with Crippen LogP contribution in [0.1, 0.15) is 0 Å². The molecule has 0 saturated carbocycles. The van der Waals surface area contributed by atoms with Crippen LogP contribution in [-0.2, 0) is 0 Å². The first kappa shape index (κ1) is 6.80. The summed E-state index contributed by atoms with van der Waals surface area (Å²) in [5.74, 6) is 0. The summed E-state index contributed by atoms with van der Waals surface area (Å²) in [5.41, 5.74) is 0. The first-order valence-electron chi connectivity index (χ1n) is 1.29. The van der Waals surface area contributed by atoms with Gasteiger partial charge >= 0.3 is 0 Å². The van der Waals surface area contributed by atoms with Crippen molar-refractivity contribution in [3.63, 3.8) is 0 Å². The van der Waals surface area contributed by atoms with Crippen LogP contribution in [0, 0.1) is 10.1 Å². The summed E-state index contributed by atoms with van der Waals surface area (Å²) in [6.07, 6.45) is 0.292. The van der Waals surface area contributed by atoms with Gasteiger partial charge in [0, 0.05) is 0 Å². The molecule has 0 atom stereocenters. The molecular formula is C2HFINO2. The number of nitrogens with zero attached hydrogens (tertiary/aromatic N) is 1. The molecule has 3 nitrogen and oxygen atoms in total. The highest BCUT2D eigenvalue weighted by Gasteiger charge is 1.90. The van der Waals surface area contributed by atoms with Crippen molar-refractivity contribution >= 4 is 22.6 Å². The first-order chi connectivity index (χ1) is 3.13. The summed E-state index contributed by atoms with van der Waals surface area (Å²) in [4.78, 5) is 8.45. The molecular weight excluding hydrogens is 216 g/mol. The Balaban J connectivity index is 3.68. The normalized spacial score (nSPS) is 11.4. The van der Waals surface area contributed by atoms with E-state index >= 15 is 0 Å². The highest BCUT2D eigenvalue weighted by molar-refractivity contribution is 14.1. The Kier molecular flexibility index (Phi) is 2.81. The Morgan fingerprint density at radius 3 is 2.43 bits per heavy atom. The van der Waals surface area contributed by atoms with Gasteiger partial charge in [-0.3, -0.25) is 10.1 Å². The van der Waals surface area contributed by atoms with E-state index in [0.29, 0.717) is 6.20 Å². The fraction of sp³-hybridized carbons (Fsp3) is 0. The zero-order valence-electron chi connectivity index (χ0n) is 3.10. The zero-order chi connectivity index (χ0) is 5.86. The second kappa shape index (κ2) is 2.89. The highest BCUT2D eigenvalue weighted by atomic mass is 127. The maximum Gasteiger partial charge on any atom is 0.276 e. The fourth-order valence-corrected chi connectivity index (χ4v) is 0.307. The van der Waals surface area contributed by atoms with E-state index in [1.807, 2.05) is 0 Å². The molecule has 7 heavy (non-hydrogen) atoms. The third-order valence-corrected chi connectivity index (χ3v) is 0.482. The van der Waals surface area contributed by atoms with E-state index in [4.69, 9.17) is 0 Å². The Morgan fingerprint density at radius 1 is 2.00 bits per heavy atom. The van der Waals surface area contributed by atoms with Crippen LogP contribution in [0.4, 0.5) is 4.39 Å². The minimum atomic E-state index is -0.845. The van der Waals surface area contributed by atoms with E-state index in [-0.39, 0.29) is 0 Å². The molecule has 0 rings (SSSR count). The molecule has 0 saturated heterocycles. The third kappa shape index (κ3) is 5.80. The molecule has 0 heterocycles. The summed E-state index contributed by atoms with van der Waals surface area (Å²) < 4.78 is 10.5. The molecule has 0 aromatic heterocycles. The molecule has 0 aliphatic heterocycles. The maximum absolute atomic E-state index is 11.4. The van der Waals surface area contributed by atoms with Gasteiger partial charge in [-0.05, 0) is 22.6 Å². The van der Waals surface area contributed by atoms with E-state index < -0.39 is 8.76 Å². The molecule has 0 fully saturated rings. The van der Waals surface area contributed by atoms with Gasteiger partial charge in [-0.25, -0.2) is 0 Å². The summed E-state index contributed by atoms with van der Waals surface area (Å²) in [5, 5.41) is 9.29. The van der Waals surface area contributed by atoms with Gasteiger partial charge in [0.25, 0.3) is 6.20 Å². The lowest BCUT2D eigenvalue weighted by molar-refractivity contribution is -0.403. The molecule has 0 unspecified atom stereocenters. The van der Waals surface area contributed by atoms with Crippen LogP contribution >= 0.6 is 22.6 Å². The largest absolute Gasteiger partial charge is 0.276 e. The molecule has 0 aromatic rings. The van der Waals surface area contributed by atoms with Crippen molar-refractivity contribution < 1.29 is 9.31 Å². The van der Waals surface area contributed by atoms with E-state index in [9.17, 15) is 14.5 Å². The van der Waals surface area contributed by atoms with Crippen LogP contribution in [0.5, 0.6) is 0 Å². The molecule has 0 bridgehead atoms. The number of hydrogen-bond donors (Lipinski definition) is 0. The molecule has 5 heteroatoms. The van der Waals surface area contributed by atoms with E-state index in [1.54, 1.807) is 0 Å². The minimum absolute atomic E-state index is 0.292. The molecule has 0 radical (unpaired) electrons. The summed E-state index contributed by atoms with van der Waals surface area (Å²) >= 11 is 1.21. The lowest BCUT2D eigenvalue weighted by atomic mass is 11.0. The molecule has 0 spiro atoms. The second-order valence-electron chi connectivity index (χ2n) is 0.704. The lowest BCUT2D eigenvalue weighted by Crippen LogP contribution is -1.81. The van der Waals surface area contributed by atoms with Crippen molar-refractivity contribution in [3.8, 4) is 0 Å². The van der Waals surface area contributed by atoms with Gasteiger partial charge in [0.2, 0.25) is 3.83 Å². The van der Waals surface area contributed by atoms with E-state index in [0.717, 1.165) is 0 Å². The third-order valence-electron chi connectivity index (χ3n) is 0.203. The van der Waals surface area contributed by atoms with Crippen LogP contribution in [0.15, 0.2) is 10.0 Å². The van der Waals surface area contributed by atoms with Crippen molar-refractivity contribution in [2.75, 3.05) is 0 Å². The molecule has 0 aromatic carbocycles. The predicted molar refractivity (Wildman–Crippen MR) is 30.2 cm³/mol. The van der Waals surface area contributed by atoms with Crippen LogP contribution in [0.25, 0.3) is 0 Å². The molecule has 0 aliphatic carbocycles. The average Bonchev–Trinajstić information content (AvgIpc) is 1.27. The maximum atomic E-state index is 11.4. The Bertz CT molecular complexity index is 108. The predicted octanol–water partition coefficient (Wildman–Crippen LogP) is 1.47. The fourth-order valence-electron chi connectivity index (χ4n) is 0.0797. The van der Waals surface area contributed by atoms with Crippen LogP contribution in [0.2, 0.25) is 0 Å². The van der Waals surface area contributed by atoms with E-state index in [2.05, 4.69) is 0 Å². The first-order valence-corrected chi connectivity index (χ1v) is 2.37. The van der Waals surface area contributed by atoms with Gasteiger partial charge in [0.05, 0.1) is 4.92 Å². The second-order valence-corrected chi connectivity index (χ2v) is 1.73. The molecule has 0 aliphatic rings. The smallest absolute Gasteiger partial charge is 0.259 e. The van der Waals surface area contributed by atoms with Crippen molar-refractivity contribution in [1.29, 1.82) is 0 Å². The Labute approximate surface area is 52.5 Å². The monoisotopic (exact) mass is 217 g/mol. The number of nitro groups is 1. The zero-order valence-corrected chi connectivity index (χ0v) is 5.25. The van der Waals surface area contributed by atoms with Crippen molar-refractivity contribution in [2.24, 2.45) is 0 Å². The van der Waals surface area contributed by atoms with Gasteiger partial charge in [0.15, 0.2) is 0 Å². The van der Waals surface area contributed by atoms with Crippen LogP contribution in [0.3, 0.4) is 0 Å². The molecule has 0 N–H and O–H groups in total. The molecule has 40 valence electrons. The number of rotatable bonds is 1. The highest BCUT2D eigenvalue weighted by Crippen LogP contribution is 2.04. The Hall–Kier alpha value is -0.200. The van der Waals surface area contributed by atoms with Crippen LogP contribution < -0.4 is 0 Å². The summed E-state index contributed by atoms with van der Waals surface area (Å²) in [6, 6.07) is 0. The van der Waals surface area contributed by atoms with Gasteiger partial charge in [-0.1, -0.05) is 0 Å². The summed E-state index contributed by atoms with van der Waals surface area (Å²) in [6.45, 7) is 0. The van der Waals surface area contributed by atoms with Gasteiger partial charge in [0.1, 0.15) is 0 Å². The van der Waals surface area contributed by atoms with Crippen molar-refractivity contribution in [2.45, 2.75) is 0 Å². The quantitative estimate of drug-likeness (QED) is 0.379. The van der Waals surface area contributed by atoms with E-state index in [1.165, 1.54) is 22.6 Å². The van der Waals surface area contributed by atoms with Gasteiger partial charge in [-0.15, -0.1) is 0 Å². The standard InChI is InChI=1S/C2HFINO2/c3-2(4)1-5(6)7/h1H/b2-1+. The summed E-state index contributed by atoms with van der Waals surface area (Å²) in [7, 11) is 0. The van der Waals surface area contributed by atoms with Crippen molar-refractivity contribution in [1.82, 2.24) is 0 Å². The average molecular weight is 217 g/mol. The lowest BCUT2D eigenvalue weighted by Gasteiger charge is -1.73. The van der Waals surface area contributed by atoms with Gasteiger partial charge < -0.3 is 0 Å². The number of hydrogen-bond acceptors (Lipinski definition) is 2. The van der Waals surface area contributed by atoms with Crippen molar-refractivity contribution in [3.05, 3.63) is 20.1 Å². The molecule has 0 amide bonds. The Morgan fingerprint density at radius 2 is 2.43 bits per heavy atom. The topological polar surface area (TPSA) is 43.1 Å². The number of halogens is 2. The van der Waals surface area contributed by atoms with Gasteiger partial charge in [-0.2, -0.15) is 4.39 Å².